The van der Waals surface area contributed by atoms with Crippen molar-refractivity contribution in [1.82, 2.24) is 9.38 Å². The summed E-state index contributed by atoms with van der Waals surface area (Å²) in [5, 5.41) is 4.94. The smallest absolute Gasteiger partial charge is 0.276 e. The molecule has 126 valence electrons. The Morgan fingerprint density at radius 1 is 1.38 bits per heavy atom. The number of halogens is 1. The van der Waals surface area contributed by atoms with Gasteiger partial charge in [-0.25, -0.2) is 4.98 Å². The number of nitrogens with one attached hydrogen (secondary N) is 1. The fourth-order valence-electron chi connectivity index (χ4n) is 2.42. The molecule has 0 bridgehead atoms. The van der Waals surface area contributed by atoms with E-state index in [1.807, 2.05) is 23.6 Å². The van der Waals surface area contributed by atoms with Gasteiger partial charge < -0.3 is 10.1 Å². The van der Waals surface area contributed by atoms with E-state index < -0.39 is 0 Å². The molecule has 0 radical (unpaired) electrons. The second kappa shape index (κ2) is 6.11. The number of benzene rings is 1. The van der Waals surface area contributed by atoms with Crippen LogP contribution in [0.15, 0.2) is 29.8 Å². The molecule has 2 aromatic heterocycles. The van der Waals surface area contributed by atoms with Crippen molar-refractivity contribution in [1.29, 1.82) is 0 Å². The summed E-state index contributed by atoms with van der Waals surface area (Å²) in [6.07, 6.45) is 1.77. The zero-order valence-electron chi connectivity index (χ0n) is 13.9. The van der Waals surface area contributed by atoms with Crippen LogP contribution in [0.1, 0.15) is 36.8 Å². The largest absolute Gasteiger partial charge is 0.495 e. The lowest BCUT2D eigenvalue weighted by atomic mass is 9.87. The van der Waals surface area contributed by atoms with E-state index in [1.165, 1.54) is 11.3 Å². The first-order chi connectivity index (χ1) is 11.3. The van der Waals surface area contributed by atoms with Crippen LogP contribution in [0.5, 0.6) is 5.75 Å². The molecule has 3 aromatic rings. The van der Waals surface area contributed by atoms with Gasteiger partial charge in [0.2, 0.25) is 0 Å². The average molecular weight is 364 g/mol. The van der Waals surface area contributed by atoms with Gasteiger partial charge in [-0.2, -0.15) is 0 Å². The van der Waals surface area contributed by atoms with E-state index in [-0.39, 0.29) is 16.5 Å². The van der Waals surface area contributed by atoms with Gasteiger partial charge in [-0.15, -0.1) is 11.3 Å². The molecule has 24 heavy (non-hydrogen) atoms. The van der Waals surface area contributed by atoms with Crippen molar-refractivity contribution in [3.05, 3.63) is 46.2 Å². The summed E-state index contributed by atoms with van der Waals surface area (Å²) in [6.45, 7) is 6.34. The number of methoxy groups -OCH3 is 1. The van der Waals surface area contributed by atoms with E-state index >= 15 is 0 Å². The van der Waals surface area contributed by atoms with Crippen molar-refractivity contribution in [2.24, 2.45) is 0 Å². The number of carbonyl (C=O) groups excluding carboxylic acids is 1. The molecule has 0 atom stereocenters. The Morgan fingerprint density at radius 2 is 2.12 bits per heavy atom. The molecule has 0 aliphatic heterocycles. The molecule has 1 N–H and O–H groups in total. The van der Waals surface area contributed by atoms with Gasteiger partial charge in [-0.3, -0.25) is 9.20 Å². The third-order valence-electron chi connectivity index (χ3n) is 3.75. The normalized spacial score (nSPS) is 11.7. The summed E-state index contributed by atoms with van der Waals surface area (Å²) in [5.74, 6) is 0.272. The third-order valence-corrected chi connectivity index (χ3v) is 4.77. The Kier molecular flexibility index (Phi) is 4.27. The van der Waals surface area contributed by atoms with Crippen molar-refractivity contribution in [3.8, 4) is 5.75 Å². The summed E-state index contributed by atoms with van der Waals surface area (Å²) in [5.41, 5.74) is 1.98. The number of ether oxygens (including phenoxy) is 1. The number of thiazole rings is 1. The molecule has 0 saturated heterocycles. The minimum Gasteiger partial charge on any atom is -0.495 e. The lowest BCUT2D eigenvalue weighted by Gasteiger charge is -2.21. The number of rotatable bonds is 3. The monoisotopic (exact) mass is 363 g/mol. The van der Waals surface area contributed by atoms with Crippen molar-refractivity contribution >= 4 is 39.5 Å². The molecule has 7 heteroatoms. The first-order valence-corrected chi connectivity index (χ1v) is 8.68. The number of hydrogen-bond donors (Lipinski definition) is 1. The van der Waals surface area contributed by atoms with E-state index in [1.54, 1.807) is 17.7 Å². The quantitative estimate of drug-likeness (QED) is 0.739. The Labute approximate surface area is 149 Å². The van der Waals surface area contributed by atoms with Crippen LogP contribution in [-0.4, -0.2) is 22.4 Å². The summed E-state index contributed by atoms with van der Waals surface area (Å²) < 4.78 is 7.05. The zero-order chi connectivity index (χ0) is 17.5. The second-order valence-electron chi connectivity index (χ2n) is 6.43. The van der Waals surface area contributed by atoms with Crippen molar-refractivity contribution in [2.45, 2.75) is 26.2 Å². The summed E-state index contributed by atoms with van der Waals surface area (Å²) in [7, 11) is 1.57. The van der Waals surface area contributed by atoms with Gasteiger partial charge in [0.05, 0.1) is 12.8 Å². The molecule has 2 heterocycles. The molecule has 0 fully saturated rings. The minimum atomic E-state index is -0.324. The standard InChI is InChI=1S/C17H18ClN3O2S/c1-17(2,3)10-5-6-12(23-4)11(9-10)19-15(22)13-14(18)20-16-21(13)7-8-24-16/h5-9H,1-4H3,(H,19,22). The molecule has 1 amide bonds. The van der Waals surface area contributed by atoms with Crippen LogP contribution in [0.4, 0.5) is 5.69 Å². The van der Waals surface area contributed by atoms with Gasteiger partial charge in [0.1, 0.15) is 5.75 Å². The van der Waals surface area contributed by atoms with Crippen molar-refractivity contribution in [2.75, 3.05) is 12.4 Å². The van der Waals surface area contributed by atoms with Crippen LogP contribution < -0.4 is 10.1 Å². The first-order valence-electron chi connectivity index (χ1n) is 7.42. The number of imidazole rings is 1. The highest BCUT2D eigenvalue weighted by molar-refractivity contribution is 7.15. The Morgan fingerprint density at radius 3 is 2.79 bits per heavy atom. The maximum Gasteiger partial charge on any atom is 0.276 e. The Bertz CT molecular complexity index is 908. The summed E-state index contributed by atoms with van der Waals surface area (Å²) in [4.78, 5) is 17.6. The molecule has 0 spiro atoms. The first kappa shape index (κ1) is 16.8. The fourth-order valence-corrected chi connectivity index (χ4v) is 3.44. The molecular weight excluding hydrogens is 346 g/mol. The van der Waals surface area contributed by atoms with Gasteiger partial charge in [-0.1, -0.05) is 38.4 Å². The van der Waals surface area contributed by atoms with Crippen LogP contribution >= 0.6 is 22.9 Å². The second-order valence-corrected chi connectivity index (χ2v) is 7.66. The SMILES string of the molecule is COc1ccc(C(C)(C)C)cc1NC(=O)c1c(Cl)nc2sccn12. The van der Waals surface area contributed by atoms with Crippen LogP contribution in [-0.2, 0) is 5.41 Å². The molecule has 3 rings (SSSR count). The fraction of sp³-hybridized carbons (Fsp3) is 0.294. The molecule has 0 unspecified atom stereocenters. The van der Waals surface area contributed by atoms with Gasteiger partial charge in [0.25, 0.3) is 5.91 Å². The Hall–Kier alpha value is -2.05. The van der Waals surface area contributed by atoms with E-state index in [2.05, 4.69) is 31.1 Å². The number of aromatic nitrogens is 2. The van der Waals surface area contributed by atoms with Gasteiger partial charge in [-0.05, 0) is 23.1 Å². The molecular formula is C17H18ClN3O2S. The number of hydrogen-bond acceptors (Lipinski definition) is 4. The summed E-state index contributed by atoms with van der Waals surface area (Å²) >= 11 is 7.55. The lowest BCUT2D eigenvalue weighted by Crippen LogP contribution is -2.17. The molecule has 0 aliphatic rings. The Balaban J connectivity index is 1.99. The highest BCUT2D eigenvalue weighted by Crippen LogP contribution is 2.32. The highest BCUT2D eigenvalue weighted by Gasteiger charge is 2.21. The van der Waals surface area contributed by atoms with E-state index in [0.29, 0.717) is 22.1 Å². The molecule has 1 aromatic carbocycles. The zero-order valence-corrected chi connectivity index (χ0v) is 15.5. The van der Waals surface area contributed by atoms with Crippen LogP contribution in [0.2, 0.25) is 5.15 Å². The van der Waals surface area contributed by atoms with Gasteiger partial charge in [0, 0.05) is 11.6 Å². The van der Waals surface area contributed by atoms with E-state index in [4.69, 9.17) is 16.3 Å². The molecule has 5 nitrogen and oxygen atoms in total. The topological polar surface area (TPSA) is 55.6 Å². The van der Waals surface area contributed by atoms with Crippen molar-refractivity contribution < 1.29 is 9.53 Å². The number of carbonyl (C=O) groups is 1. The lowest BCUT2D eigenvalue weighted by molar-refractivity contribution is 0.102. The number of nitrogens with zero attached hydrogens (tertiary/aromatic N) is 2. The summed E-state index contributed by atoms with van der Waals surface area (Å²) in [6, 6.07) is 5.78. The van der Waals surface area contributed by atoms with Gasteiger partial charge in [0.15, 0.2) is 15.8 Å². The number of amides is 1. The highest BCUT2D eigenvalue weighted by atomic mass is 35.5. The average Bonchev–Trinajstić information content (AvgIpc) is 3.05. The molecule has 0 aliphatic carbocycles. The third kappa shape index (κ3) is 2.99. The van der Waals surface area contributed by atoms with Crippen LogP contribution in [0.3, 0.4) is 0 Å². The van der Waals surface area contributed by atoms with Crippen LogP contribution in [0.25, 0.3) is 4.96 Å². The predicted octanol–water partition coefficient (Wildman–Crippen LogP) is 4.61. The van der Waals surface area contributed by atoms with Crippen molar-refractivity contribution in [3.63, 3.8) is 0 Å². The maximum absolute atomic E-state index is 12.7. The number of anilines is 1. The van der Waals surface area contributed by atoms with E-state index in [0.717, 1.165) is 5.56 Å². The maximum atomic E-state index is 12.7. The van der Waals surface area contributed by atoms with E-state index in [9.17, 15) is 4.79 Å². The minimum absolute atomic E-state index is 0.0410. The van der Waals surface area contributed by atoms with Crippen LogP contribution in [0, 0.1) is 0 Å². The number of fused-ring (bicyclic) bond motifs is 1. The molecule has 0 saturated carbocycles. The van der Waals surface area contributed by atoms with Gasteiger partial charge >= 0.3 is 0 Å². The predicted molar refractivity (Wildman–Crippen MR) is 97.7 cm³/mol.